The van der Waals surface area contributed by atoms with E-state index < -0.39 is 0 Å². The van der Waals surface area contributed by atoms with Crippen LogP contribution in [0.4, 0.5) is 5.69 Å². The molecule has 0 radical (unpaired) electrons. The van der Waals surface area contributed by atoms with E-state index in [2.05, 4.69) is 79.5 Å². The smallest absolute Gasteiger partial charge is 0.266 e. The first-order valence-electron chi connectivity index (χ1n) is 48.2. The Kier molecular flexibility index (Phi) is 37.4. The van der Waals surface area contributed by atoms with Gasteiger partial charge in [-0.2, -0.15) is 0 Å². The van der Waals surface area contributed by atoms with Crippen LogP contribution in [0.15, 0.2) is 215 Å². The first kappa shape index (κ1) is 104. The molecule has 16 rings (SSSR count). The number of piperazine rings is 4. The molecule has 4 saturated heterocycles. The lowest BCUT2D eigenvalue weighted by atomic mass is 10.1. The SMILES string of the molecule is CC(C)Oc1ccc(N2CCN(C)CC2)cc1-n1c(CN2CCN(C(=O)COc3ccc(Cl)cc3)CC2)nc2ccccc2c1=O.CCN(CC)Cc1ccc(OC(C)C)c(-n2c(CN3CCN(C(=O)COc4ccc(Cl)cc4)CC3)nc3ccccc3c2=O)c1.COCCN(CCOC)Cc1ccc(OC(C)C)c(-n2c(CN3CCN(C(=O)COc4ccc(Cl)cc4)CC3)nc3ccccc3c2=O)c1. The molecule has 0 N–H and O–H groups in total. The van der Waals surface area contributed by atoms with Crippen molar-refractivity contribution in [1.82, 2.24) is 72.8 Å². The van der Waals surface area contributed by atoms with Crippen LogP contribution in [-0.2, 0) is 56.6 Å². The number of carbonyl (C=O) groups is 3. The Labute approximate surface area is 833 Å². The third-order valence-corrected chi connectivity index (χ3v) is 25.7. The Morgan fingerprint density at radius 2 is 0.679 bits per heavy atom. The monoisotopic (exact) mass is 1970 g/mol. The summed E-state index contributed by atoms with van der Waals surface area (Å²) >= 11 is 17.9. The lowest BCUT2D eigenvalue weighted by Gasteiger charge is -2.35. The summed E-state index contributed by atoms with van der Waals surface area (Å²) in [5, 5.41) is 3.50. The predicted molar refractivity (Wildman–Crippen MR) is 551 cm³/mol. The van der Waals surface area contributed by atoms with Crippen molar-refractivity contribution in [2.24, 2.45) is 0 Å². The molecule has 3 aromatic heterocycles. The summed E-state index contributed by atoms with van der Waals surface area (Å²) in [6.07, 6.45) is -0.249. The van der Waals surface area contributed by atoms with Crippen LogP contribution in [0, 0.1) is 0 Å². The summed E-state index contributed by atoms with van der Waals surface area (Å²) < 4.78 is 51.7. The molecule has 742 valence electrons. The van der Waals surface area contributed by atoms with Gasteiger partial charge < -0.3 is 62.4 Å². The highest BCUT2D eigenvalue weighted by atomic mass is 35.5. The molecule has 4 aliphatic heterocycles. The highest BCUT2D eigenvalue weighted by Gasteiger charge is 2.31. The summed E-state index contributed by atoms with van der Waals surface area (Å²) in [7, 11) is 5.53. The van der Waals surface area contributed by atoms with Crippen molar-refractivity contribution < 1.29 is 52.3 Å². The van der Waals surface area contributed by atoms with Gasteiger partial charge in [0, 0.05) is 166 Å². The molecule has 0 spiro atoms. The second-order valence-corrected chi connectivity index (χ2v) is 37.3. The van der Waals surface area contributed by atoms with E-state index in [1.807, 2.05) is 159 Å². The molecule has 0 unspecified atom stereocenters. The highest BCUT2D eigenvalue weighted by Crippen LogP contribution is 2.35. The number of methoxy groups -OCH3 is 2. The molecule has 0 atom stereocenters. The maximum Gasteiger partial charge on any atom is 0.266 e. The van der Waals surface area contributed by atoms with E-state index in [1.165, 1.54) is 0 Å². The van der Waals surface area contributed by atoms with E-state index in [0.717, 1.165) is 75.7 Å². The van der Waals surface area contributed by atoms with E-state index in [0.29, 0.717) is 235 Å². The normalized spacial score (nSPS) is 14.7. The number of fused-ring (bicyclic) bond motifs is 3. The average molecular weight is 1970 g/mol. The number of hydrogen-bond acceptors (Lipinski definition) is 24. The number of ether oxygens (including phenoxy) is 8. The summed E-state index contributed by atoms with van der Waals surface area (Å²) in [5.74, 6) is 5.38. The molecule has 0 aliphatic carbocycles. The van der Waals surface area contributed by atoms with Crippen LogP contribution >= 0.6 is 34.8 Å². The molecule has 33 heteroatoms. The number of hydrogen-bond donors (Lipinski definition) is 0. The summed E-state index contributed by atoms with van der Waals surface area (Å²) in [4.78, 5) is 118. The zero-order chi connectivity index (χ0) is 98.9. The van der Waals surface area contributed by atoms with Crippen molar-refractivity contribution in [3.05, 3.63) is 275 Å². The number of aromatic nitrogens is 6. The van der Waals surface area contributed by atoms with Crippen molar-refractivity contribution in [2.45, 2.75) is 106 Å². The molecule has 9 aromatic carbocycles. The fourth-order valence-corrected chi connectivity index (χ4v) is 17.7. The van der Waals surface area contributed by atoms with Gasteiger partial charge in [0.15, 0.2) is 19.8 Å². The van der Waals surface area contributed by atoms with Crippen LogP contribution in [-0.4, -0.2) is 294 Å². The molecule has 4 aliphatic rings. The first-order valence-corrected chi connectivity index (χ1v) is 49.3. The number of amides is 3. The maximum absolute atomic E-state index is 14.3. The molecule has 7 heterocycles. The number of rotatable bonds is 37. The number of benzene rings is 9. The maximum atomic E-state index is 14.3. The first-order chi connectivity index (χ1) is 67.7. The van der Waals surface area contributed by atoms with Crippen LogP contribution in [0.5, 0.6) is 34.5 Å². The van der Waals surface area contributed by atoms with E-state index in [4.69, 9.17) is 87.6 Å². The lowest BCUT2D eigenvalue weighted by molar-refractivity contribution is -0.135. The largest absolute Gasteiger partial charge is 0.489 e. The second kappa shape index (κ2) is 50.4. The number of carbonyl (C=O) groups excluding carboxylic acids is 3. The molecule has 12 aromatic rings. The highest BCUT2D eigenvalue weighted by molar-refractivity contribution is 6.31. The summed E-state index contributed by atoms with van der Waals surface area (Å²) in [6, 6.07) is 61.5. The molecule has 140 heavy (non-hydrogen) atoms. The topological polar surface area (TPSA) is 262 Å². The van der Waals surface area contributed by atoms with Gasteiger partial charge in [0.05, 0.1) is 101 Å². The van der Waals surface area contributed by atoms with Gasteiger partial charge in [-0.05, 0) is 224 Å². The van der Waals surface area contributed by atoms with Crippen LogP contribution in [0.1, 0.15) is 84.0 Å². The zero-order valence-corrected chi connectivity index (χ0v) is 84.3. The molecule has 0 saturated carbocycles. The van der Waals surface area contributed by atoms with Gasteiger partial charge in [0.25, 0.3) is 34.4 Å². The fraction of sp³-hybridized carbons (Fsp3) is 0.411. The van der Waals surface area contributed by atoms with Crippen molar-refractivity contribution in [3.63, 3.8) is 0 Å². The van der Waals surface area contributed by atoms with E-state index >= 15 is 0 Å². The minimum Gasteiger partial charge on any atom is -0.489 e. The van der Waals surface area contributed by atoms with Crippen LogP contribution in [0.3, 0.4) is 0 Å². The van der Waals surface area contributed by atoms with E-state index in [-0.39, 0.29) is 72.5 Å². The molecule has 3 amide bonds. The van der Waals surface area contributed by atoms with Gasteiger partial charge in [-0.15, -0.1) is 0 Å². The Hall–Kier alpha value is -12.0. The Morgan fingerprint density at radius 1 is 0.371 bits per heavy atom. The van der Waals surface area contributed by atoms with Crippen molar-refractivity contribution in [1.29, 1.82) is 0 Å². The second-order valence-electron chi connectivity index (χ2n) is 36.0. The van der Waals surface area contributed by atoms with Gasteiger partial charge in [-0.25, -0.2) is 15.0 Å². The third kappa shape index (κ3) is 28.0. The predicted octanol–water partition coefficient (Wildman–Crippen LogP) is 14.3. The number of anilines is 1. The quantitative estimate of drug-likeness (QED) is 0.0350. The van der Waals surface area contributed by atoms with Crippen molar-refractivity contribution >= 4 is 90.9 Å². The molecule has 30 nitrogen and oxygen atoms in total. The minimum atomic E-state index is -0.157. The number of nitrogens with zero attached hydrogens (tertiary/aromatic N) is 16. The van der Waals surface area contributed by atoms with Crippen LogP contribution in [0.2, 0.25) is 15.1 Å². The van der Waals surface area contributed by atoms with Gasteiger partial charge in [0.1, 0.15) is 52.0 Å². The Morgan fingerprint density at radius 3 is 0.993 bits per heavy atom. The molecule has 0 bridgehead atoms. The zero-order valence-electron chi connectivity index (χ0n) is 82.0. The van der Waals surface area contributed by atoms with Crippen LogP contribution < -0.4 is 50.0 Å². The van der Waals surface area contributed by atoms with Crippen LogP contribution in [0.25, 0.3) is 49.8 Å². The van der Waals surface area contributed by atoms with Crippen molar-refractivity contribution in [2.75, 3.05) is 190 Å². The lowest BCUT2D eigenvalue weighted by Crippen LogP contribution is -2.50. The minimum absolute atomic E-state index is 0.0319. The van der Waals surface area contributed by atoms with Gasteiger partial charge in [-0.3, -0.25) is 67.0 Å². The number of likely N-dealkylation sites (N-methyl/N-ethyl adjacent to an activating group) is 1. The van der Waals surface area contributed by atoms with E-state index in [1.54, 1.807) is 101 Å². The number of para-hydroxylation sites is 3. The van der Waals surface area contributed by atoms with E-state index in [9.17, 15) is 28.8 Å². The Balaban J connectivity index is 0.000000167. The van der Waals surface area contributed by atoms with Gasteiger partial charge >= 0.3 is 0 Å². The van der Waals surface area contributed by atoms with Gasteiger partial charge in [-0.1, -0.05) is 97.2 Å². The average Bonchev–Trinajstić information content (AvgIpc) is 0.774. The standard InChI is InChI=1S/C37H46ClN5O6.C35H41ClN6O4.C35H42ClN5O4/c1-27(2)49-34-14-9-28(24-41(19-21-46-3)20-22-47-4)23-33(34)43-35(39-32-8-6-5-7-31(32)37(43)45)25-40-15-17-42(18-16-40)36(44)26-48-30-12-10-29(38)11-13-30;1-25(2)46-32-13-10-27(40-18-14-38(3)15-19-40)22-31(32)42-33(37-30-7-5-4-6-29(30)35(42)44)23-39-16-20-41(21-17-39)34(43)24-45-28-11-8-26(36)9-12-28;1-5-38(6-2)22-26-11-16-32(45-25(3)4)31(21-26)41-33(37-30-10-8-7-9-29(30)35(41)43)23-39-17-19-40(20-18-39)34(42)24-44-28-14-12-27(36)13-15-28/h5-14,23,27H,15-22,24-26H2,1-4H3;4-13,22,25H,14-21,23-24H2,1-3H3;7-16,21,25H,5-6,17-20,22-24H2,1-4H3. The third-order valence-electron chi connectivity index (χ3n) is 24.9. The van der Waals surface area contributed by atoms with Crippen molar-refractivity contribution in [3.8, 4) is 51.6 Å². The molecule has 4 fully saturated rings. The summed E-state index contributed by atoms with van der Waals surface area (Å²) in [6.45, 7) is 34.2. The Bertz CT molecular complexity index is 6330. The molecular weight excluding hydrogens is 1840 g/mol. The summed E-state index contributed by atoms with van der Waals surface area (Å²) in [5.41, 5.74) is 6.76. The van der Waals surface area contributed by atoms with Gasteiger partial charge in [0.2, 0.25) is 0 Å². The fourth-order valence-electron chi connectivity index (χ4n) is 17.3. The number of halogens is 3. The molecular formula is C107H129Cl3N16O14.